The maximum atomic E-state index is 4.39. The molecule has 0 spiro atoms. The van der Waals surface area contributed by atoms with Gasteiger partial charge in [0.05, 0.1) is 0 Å². The number of nitrogens with one attached hydrogen (secondary N) is 1. The number of hydrogen-bond donors (Lipinski definition) is 1. The average Bonchev–Trinajstić information content (AvgIpc) is 3.00. The summed E-state index contributed by atoms with van der Waals surface area (Å²) in [6.07, 6.45) is 7.40. The molecule has 0 amide bonds. The molecule has 2 heterocycles. The number of imidazole rings is 1. The number of anilines is 1. The molecule has 2 aromatic rings. The zero-order chi connectivity index (χ0) is 12.8. The summed E-state index contributed by atoms with van der Waals surface area (Å²) in [5.41, 5.74) is 0. The molecule has 3 nitrogen and oxygen atoms in total. The van der Waals surface area contributed by atoms with Gasteiger partial charge in [0, 0.05) is 36.3 Å². The van der Waals surface area contributed by atoms with E-state index in [2.05, 4.69) is 52.4 Å². The predicted molar refractivity (Wildman–Crippen MR) is 78.4 cm³/mol. The van der Waals surface area contributed by atoms with Crippen molar-refractivity contribution in [2.75, 3.05) is 11.9 Å². The van der Waals surface area contributed by atoms with Crippen LogP contribution in [0.1, 0.15) is 37.6 Å². The molecular weight excluding hydrogens is 242 g/mol. The van der Waals surface area contributed by atoms with Gasteiger partial charge in [-0.25, -0.2) is 4.98 Å². The van der Waals surface area contributed by atoms with Gasteiger partial charge in [-0.15, -0.1) is 11.3 Å². The highest BCUT2D eigenvalue weighted by atomic mass is 32.1. The first-order chi connectivity index (χ1) is 8.81. The molecule has 4 heteroatoms. The second-order valence-corrected chi connectivity index (χ2v) is 5.60. The maximum absolute atomic E-state index is 4.39. The van der Waals surface area contributed by atoms with E-state index in [-0.39, 0.29) is 0 Å². The number of rotatable bonds is 7. The SMILES string of the molecule is CCCCNc1nccn1C(C)Cc1cccs1. The molecule has 0 aliphatic rings. The van der Waals surface area contributed by atoms with Crippen LogP contribution in [0.5, 0.6) is 0 Å². The van der Waals surface area contributed by atoms with Crippen LogP contribution >= 0.6 is 11.3 Å². The summed E-state index contributed by atoms with van der Waals surface area (Å²) in [5, 5.41) is 5.55. The van der Waals surface area contributed by atoms with E-state index in [0.717, 1.165) is 18.9 Å². The first-order valence-corrected chi connectivity index (χ1v) is 7.48. The third-order valence-corrected chi connectivity index (χ3v) is 3.93. The van der Waals surface area contributed by atoms with Gasteiger partial charge in [-0.2, -0.15) is 0 Å². The van der Waals surface area contributed by atoms with Crippen LogP contribution in [0, 0.1) is 0 Å². The predicted octanol–water partition coefficient (Wildman–Crippen LogP) is 3.96. The Morgan fingerprint density at radius 2 is 2.39 bits per heavy atom. The topological polar surface area (TPSA) is 29.9 Å². The third-order valence-electron chi connectivity index (χ3n) is 3.03. The van der Waals surface area contributed by atoms with Gasteiger partial charge < -0.3 is 9.88 Å². The Kier molecular flexibility index (Phi) is 4.81. The minimum Gasteiger partial charge on any atom is -0.356 e. The van der Waals surface area contributed by atoms with E-state index in [4.69, 9.17) is 0 Å². The maximum Gasteiger partial charge on any atom is 0.203 e. The minimum atomic E-state index is 0.440. The standard InChI is InChI=1S/C14H21N3S/c1-3-4-7-15-14-16-8-9-17(14)12(2)11-13-6-5-10-18-13/h5-6,8-10,12H,3-4,7,11H2,1-2H3,(H,15,16). The summed E-state index contributed by atoms with van der Waals surface area (Å²) in [6, 6.07) is 4.75. The molecule has 0 aromatic carbocycles. The van der Waals surface area contributed by atoms with Crippen LogP contribution in [0.2, 0.25) is 0 Å². The Labute approximate surface area is 113 Å². The normalized spacial score (nSPS) is 12.6. The highest BCUT2D eigenvalue weighted by Gasteiger charge is 2.10. The number of nitrogens with zero attached hydrogens (tertiary/aromatic N) is 2. The summed E-state index contributed by atoms with van der Waals surface area (Å²) in [7, 11) is 0. The summed E-state index contributed by atoms with van der Waals surface area (Å²) in [5.74, 6) is 0.993. The van der Waals surface area contributed by atoms with Crippen molar-refractivity contribution in [1.82, 2.24) is 9.55 Å². The number of hydrogen-bond acceptors (Lipinski definition) is 3. The Balaban J connectivity index is 1.97. The fourth-order valence-corrected chi connectivity index (χ4v) is 2.83. The Morgan fingerprint density at radius 3 is 3.11 bits per heavy atom. The fourth-order valence-electron chi connectivity index (χ4n) is 2.00. The van der Waals surface area contributed by atoms with Crippen molar-refractivity contribution in [3.8, 4) is 0 Å². The monoisotopic (exact) mass is 263 g/mol. The summed E-state index contributed by atoms with van der Waals surface area (Å²) in [6.45, 7) is 5.44. The summed E-state index contributed by atoms with van der Waals surface area (Å²) in [4.78, 5) is 5.82. The Bertz CT molecular complexity index is 447. The average molecular weight is 263 g/mol. The van der Waals surface area contributed by atoms with Crippen LogP contribution < -0.4 is 5.32 Å². The van der Waals surface area contributed by atoms with Gasteiger partial charge >= 0.3 is 0 Å². The lowest BCUT2D eigenvalue weighted by molar-refractivity contribution is 0.552. The van der Waals surface area contributed by atoms with Crippen LogP contribution in [0.25, 0.3) is 0 Å². The van der Waals surface area contributed by atoms with Crippen molar-refractivity contribution >= 4 is 17.3 Å². The van der Waals surface area contributed by atoms with Gasteiger partial charge in [0.15, 0.2) is 0 Å². The lowest BCUT2D eigenvalue weighted by Crippen LogP contribution is -2.13. The van der Waals surface area contributed by atoms with Crippen LogP contribution in [-0.4, -0.2) is 16.1 Å². The van der Waals surface area contributed by atoms with Crippen LogP contribution in [0.15, 0.2) is 29.9 Å². The molecule has 98 valence electrons. The molecular formula is C14H21N3S. The van der Waals surface area contributed by atoms with E-state index < -0.39 is 0 Å². The van der Waals surface area contributed by atoms with E-state index in [0.29, 0.717) is 6.04 Å². The molecule has 2 rings (SSSR count). The fraction of sp³-hybridized carbons (Fsp3) is 0.500. The van der Waals surface area contributed by atoms with E-state index in [1.165, 1.54) is 17.7 Å². The molecule has 1 N–H and O–H groups in total. The Morgan fingerprint density at radius 1 is 1.50 bits per heavy atom. The van der Waals surface area contributed by atoms with Crippen LogP contribution in [0.4, 0.5) is 5.95 Å². The van der Waals surface area contributed by atoms with Crippen molar-refractivity contribution in [2.45, 2.75) is 39.2 Å². The minimum absolute atomic E-state index is 0.440. The van der Waals surface area contributed by atoms with Crippen molar-refractivity contribution < 1.29 is 0 Å². The number of aromatic nitrogens is 2. The number of thiophene rings is 1. The lowest BCUT2D eigenvalue weighted by Gasteiger charge is -2.16. The van der Waals surface area contributed by atoms with Crippen molar-refractivity contribution in [3.05, 3.63) is 34.8 Å². The molecule has 2 aromatic heterocycles. The van der Waals surface area contributed by atoms with Crippen LogP contribution in [0.3, 0.4) is 0 Å². The first-order valence-electron chi connectivity index (χ1n) is 6.60. The van der Waals surface area contributed by atoms with E-state index >= 15 is 0 Å². The molecule has 1 unspecified atom stereocenters. The second kappa shape index (κ2) is 6.59. The molecule has 18 heavy (non-hydrogen) atoms. The van der Waals surface area contributed by atoms with Gasteiger partial charge in [-0.05, 0) is 24.8 Å². The first kappa shape index (κ1) is 13.1. The zero-order valence-electron chi connectivity index (χ0n) is 11.1. The number of unbranched alkanes of at least 4 members (excludes halogenated alkanes) is 1. The molecule has 0 aliphatic carbocycles. The second-order valence-electron chi connectivity index (χ2n) is 4.57. The molecule has 0 fully saturated rings. The third kappa shape index (κ3) is 3.35. The smallest absolute Gasteiger partial charge is 0.203 e. The molecule has 0 bridgehead atoms. The van der Waals surface area contributed by atoms with Gasteiger partial charge in [0.1, 0.15) is 0 Å². The molecule has 0 saturated carbocycles. The van der Waals surface area contributed by atoms with Crippen molar-refractivity contribution in [3.63, 3.8) is 0 Å². The highest BCUT2D eigenvalue weighted by Crippen LogP contribution is 2.21. The summed E-state index contributed by atoms with van der Waals surface area (Å²) < 4.78 is 2.23. The summed E-state index contributed by atoms with van der Waals surface area (Å²) >= 11 is 1.82. The van der Waals surface area contributed by atoms with Gasteiger partial charge in [-0.3, -0.25) is 0 Å². The Hall–Kier alpha value is -1.29. The van der Waals surface area contributed by atoms with Gasteiger partial charge in [-0.1, -0.05) is 19.4 Å². The van der Waals surface area contributed by atoms with Gasteiger partial charge in [0.25, 0.3) is 0 Å². The van der Waals surface area contributed by atoms with Gasteiger partial charge in [0.2, 0.25) is 5.95 Å². The quantitative estimate of drug-likeness (QED) is 0.766. The molecule has 0 aliphatic heterocycles. The molecule has 1 atom stereocenters. The van der Waals surface area contributed by atoms with E-state index in [9.17, 15) is 0 Å². The van der Waals surface area contributed by atoms with E-state index in [1.54, 1.807) is 0 Å². The lowest BCUT2D eigenvalue weighted by atomic mass is 10.2. The highest BCUT2D eigenvalue weighted by molar-refractivity contribution is 7.09. The van der Waals surface area contributed by atoms with Crippen LogP contribution in [-0.2, 0) is 6.42 Å². The largest absolute Gasteiger partial charge is 0.356 e. The van der Waals surface area contributed by atoms with Crippen molar-refractivity contribution in [1.29, 1.82) is 0 Å². The zero-order valence-corrected chi connectivity index (χ0v) is 11.9. The molecule has 0 radical (unpaired) electrons. The van der Waals surface area contributed by atoms with E-state index in [1.807, 2.05) is 17.5 Å². The van der Waals surface area contributed by atoms with Crippen molar-refractivity contribution in [2.24, 2.45) is 0 Å². The molecule has 0 saturated heterocycles.